The van der Waals surface area contributed by atoms with Gasteiger partial charge in [0.05, 0.1) is 0 Å². The lowest BCUT2D eigenvalue weighted by atomic mass is 9.92. The van der Waals surface area contributed by atoms with E-state index in [4.69, 9.17) is 0 Å². The van der Waals surface area contributed by atoms with Crippen molar-refractivity contribution in [1.29, 1.82) is 0 Å². The summed E-state index contributed by atoms with van der Waals surface area (Å²) in [6.07, 6.45) is 2.43. The van der Waals surface area contributed by atoms with Crippen molar-refractivity contribution in [3.05, 3.63) is 23.8 Å². The first-order valence-electron chi connectivity index (χ1n) is 4.71. The van der Waals surface area contributed by atoms with Gasteiger partial charge in [0, 0.05) is 19.5 Å². The van der Waals surface area contributed by atoms with Crippen LogP contribution in [-0.4, -0.2) is 15.8 Å². The Kier molecular flexibility index (Phi) is 2.99. The molecule has 0 aliphatic carbocycles. The number of aromatic nitrogens is 2. The van der Waals surface area contributed by atoms with Crippen LogP contribution in [0.15, 0.2) is 12.3 Å². The SMILES string of the molecule is CC(=O)c1ccnc(CC(C)(C)C)n1. The van der Waals surface area contributed by atoms with Crippen molar-refractivity contribution >= 4 is 5.78 Å². The number of nitrogens with zero attached hydrogens (tertiary/aromatic N) is 2. The zero-order chi connectivity index (χ0) is 10.8. The fourth-order valence-electron chi connectivity index (χ4n) is 1.15. The lowest BCUT2D eigenvalue weighted by Gasteiger charge is -2.16. The van der Waals surface area contributed by atoms with E-state index in [1.165, 1.54) is 6.92 Å². The molecule has 0 aliphatic heterocycles. The molecule has 3 heteroatoms. The second-order valence-electron chi connectivity index (χ2n) is 4.65. The van der Waals surface area contributed by atoms with E-state index in [0.29, 0.717) is 5.69 Å². The van der Waals surface area contributed by atoms with Crippen molar-refractivity contribution < 1.29 is 4.79 Å². The minimum absolute atomic E-state index is 0.0115. The van der Waals surface area contributed by atoms with Gasteiger partial charge in [0.1, 0.15) is 11.5 Å². The van der Waals surface area contributed by atoms with Gasteiger partial charge in [-0.15, -0.1) is 0 Å². The number of ketones is 1. The van der Waals surface area contributed by atoms with E-state index in [9.17, 15) is 4.79 Å². The van der Waals surface area contributed by atoms with Crippen molar-refractivity contribution in [2.24, 2.45) is 5.41 Å². The monoisotopic (exact) mass is 192 g/mol. The van der Waals surface area contributed by atoms with Gasteiger partial charge in [0.2, 0.25) is 0 Å². The van der Waals surface area contributed by atoms with Gasteiger partial charge in [-0.05, 0) is 11.5 Å². The van der Waals surface area contributed by atoms with Crippen molar-refractivity contribution in [2.75, 3.05) is 0 Å². The molecule has 0 aromatic carbocycles. The van der Waals surface area contributed by atoms with Gasteiger partial charge in [-0.1, -0.05) is 20.8 Å². The number of carbonyl (C=O) groups is 1. The molecule has 1 aromatic rings. The minimum Gasteiger partial charge on any atom is -0.293 e. The van der Waals surface area contributed by atoms with Gasteiger partial charge in [-0.3, -0.25) is 4.79 Å². The van der Waals surface area contributed by atoms with Gasteiger partial charge in [0.15, 0.2) is 5.78 Å². The molecule has 14 heavy (non-hydrogen) atoms. The molecule has 0 atom stereocenters. The highest BCUT2D eigenvalue weighted by Crippen LogP contribution is 2.17. The second-order valence-corrected chi connectivity index (χ2v) is 4.65. The molecule has 0 spiro atoms. The minimum atomic E-state index is -0.0115. The van der Waals surface area contributed by atoms with E-state index in [1.807, 2.05) is 0 Å². The zero-order valence-electron chi connectivity index (χ0n) is 9.16. The van der Waals surface area contributed by atoms with E-state index in [-0.39, 0.29) is 11.2 Å². The lowest BCUT2D eigenvalue weighted by Crippen LogP contribution is -2.13. The molecule has 1 rings (SSSR count). The molecule has 0 bridgehead atoms. The molecule has 0 aliphatic rings. The summed E-state index contributed by atoms with van der Waals surface area (Å²) in [5.41, 5.74) is 0.648. The van der Waals surface area contributed by atoms with Crippen LogP contribution in [0.4, 0.5) is 0 Å². The summed E-state index contributed by atoms with van der Waals surface area (Å²) < 4.78 is 0. The highest BCUT2D eigenvalue weighted by Gasteiger charge is 2.14. The predicted molar refractivity (Wildman–Crippen MR) is 55.2 cm³/mol. The number of carbonyl (C=O) groups excluding carboxylic acids is 1. The summed E-state index contributed by atoms with van der Waals surface area (Å²) in [6, 6.07) is 1.65. The highest BCUT2D eigenvalue weighted by molar-refractivity contribution is 5.91. The molecule has 1 heterocycles. The highest BCUT2D eigenvalue weighted by atomic mass is 16.1. The Morgan fingerprint density at radius 1 is 1.43 bits per heavy atom. The van der Waals surface area contributed by atoms with E-state index < -0.39 is 0 Å². The first-order chi connectivity index (χ1) is 6.38. The van der Waals surface area contributed by atoms with Gasteiger partial charge in [0.25, 0.3) is 0 Å². The van der Waals surface area contributed by atoms with Gasteiger partial charge in [-0.25, -0.2) is 9.97 Å². The standard InChI is InChI=1S/C11H16N2O/c1-8(14)9-5-6-12-10(13-9)7-11(2,3)4/h5-6H,7H2,1-4H3. The molecule has 76 valence electrons. The van der Waals surface area contributed by atoms with Crippen LogP contribution in [0.1, 0.15) is 44.0 Å². The molecule has 0 N–H and O–H groups in total. The number of hydrogen-bond donors (Lipinski definition) is 0. The second kappa shape index (κ2) is 3.86. The van der Waals surface area contributed by atoms with Crippen LogP contribution in [0, 0.1) is 5.41 Å². The Morgan fingerprint density at radius 3 is 2.57 bits per heavy atom. The topological polar surface area (TPSA) is 42.9 Å². The van der Waals surface area contributed by atoms with E-state index >= 15 is 0 Å². The fraction of sp³-hybridized carbons (Fsp3) is 0.545. The smallest absolute Gasteiger partial charge is 0.178 e. The van der Waals surface area contributed by atoms with Crippen LogP contribution < -0.4 is 0 Å². The summed E-state index contributed by atoms with van der Waals surface area (Å²) in [5.74, 6) is 0.729. The first kappa shape index (κ1) is 10.8. The first-order valence-corrected chi connectivity index (χ1v) is 4.71. The van der Waals surface area contributed by atoms with Crippen LogP contribution in [0.3, 0.4) is 0 Å². The number of Topliss-reactive ketones (excluding diaryl/α,β-unsaturated/α-hetero) is 1. The Hall–Kier alpha value is -1.25. The third-order valence-corrected chi connectivity index (χ3v) is 1.75. The normalized spacial score (nSPS) is 11.4. The summed E-state index contributed by atoms with van der Waals surface area (Å²) >= 11 is 0. The van der Waals surface area contributed by atoms with E-state index in [0.717, 1.165) is 12.2 Å². The van der Waals surface area contributed by atoms with Gasteiger partial charge in [-0.2, -0.15) is 0 Å². The quantitative estimate of drug-likeness (QED) is 0.675. The van der Waals surface area contributed by atoms with Gasteiger partial charge < -0.3 is 0 Å². The van der Waals surface area contributed by atoms with Crippen molar-refractivity contribution in [3.63, 3.8) is 0 Å². The largest absolute Gasteiger partial charge is 0.293 e. The molecule has 0 saturated heterocycles. The molecule has 0 radical (unpaired) electrons. The summed E-state index contributed by atoms with van der Waals surface area (Å²) in [7, 11) is 0. The van der Waals surface area contributed by atoms with E-state index in [2.05, 4.69) is 30.7 Å². The predicted octanol–water partition coefficient (Wildman–Crippen LogP) is 2.27. The third kappa shape index (κ3) is 3.24. The molecular weight excluding hydrogens is 176 g/mol. The maximum atomic E-state index is 11.1. The van der Waals surface area contributed by atoms with Crippen molar-refractivity contribution in [1.82, 2.24) is 9.97 Å². The molecule has 0 amide bonds. The third-order valence-electron chi connectivity index (χ3n) is 1.75. The summed E-state index contributed by atoms with van der Waals surface area (Å²) in [5, 5.41) is 0. The average molecular weight is 192 g/mol. The maximum absolute atomic E-state index is 11.1. The summed E-state index contributed by atoms with van der Waals surface area (Å²) in [4.78, 5) is 19.4. The summed E-state index contributed by atoms with van der Waals surface area (Å²) in [6.45, 7) is 7.88. The Bertz CT molecular complexity index is 339. The molecule has 3 nitrogen and oxygen atoms in total. The number of hydrogen-bond acceptors (Lipinski definition) is 3. The van der Waals surface area contributed by atoms with Crippen LogP contribution in [0.25, 0.3) is 0 Å². The van der Waals surface area contributed by atoms with Crippen molar-refractivity contribution in [2.45, 2.75) is 34.1 Å². The van der Waals surface area contributed by atoms with Crippen LogP contribution in [0.5, 0.6) is 0 Å². The lowest BCUT2D eigenvalue weighted by molar-refractivity contribution is 0.101. The van der Waals surface area contributed by atoms with E-state index in [1.54, 1.807) is 12.3 Å². The average Bonchev–Trinajstić information content (AvgIpc) is 2.01. The molecule has 0 fully saturated rings. The van der Waals surface area contributed by atoms with Crippen LogP contribution in [0.2, 0.25) is 0 Å². The Morgan fingerprint density at radius 2 is 2.07 bits per heavy atom. The fourth-order valence-corrected chi connectivity index (χ4v) is 1.15. The molecule has 1 aromatic heterocycles. The Labute approximate surface area is 84.6 Å². The zero-order valence-corrected chi connectivity index (χ0v) is 9.16. The molecule has 0 saturated carbocycles. The molecular formula is C11H16N2O. The number of rotatable bonds is 2. The molecule has 0 unspecified atom stereocenters. The van der Waals surface area contributed by atoms with Crippen molar-refractivity contribution in [3.8, 4) is 0 Å². The van der Waals surface area contributed by atoms with Gasteiger partial charge >= 0.3 is 0 Å². The Balaban J connectivity index is 2.89. The maximum Gasteiger partial charge on any atom is 0.178 e. The van der Waals surface area contributed by atoms with Crippen LogP contribution in [-0.2, 0) is 6.42 Å². The van der Waals surface area contributed by atoms with Crippen LogP contribution >= 0.6 is 0 Å².